The van der Waals surface area contributed by atoms with Crippen molar-refractivity contribution in [1.29, 1.82) is 0 Å². The molecular formula is C17H28N4O. The molecule has 1 atom stereocenters. The Morgan fingerprint density at radius 2 is 2.27 bits per heavy atom. The third kappa shape index (κ3) is 3.97. The van der Waals surface area contributed by atoms with E-state index in [1.54, 1.807) is 7.11 Å². The Kier molecular flexibility index (Phi) is 6.19. The number of unbranched alkanes of at least 4 members (excludes halogenated alkanes) is 1. The molecule has 5 nitrogen and oxygen atoms in total. The van der Waals surface area contributed by atoms with Crippen LogP contribution in [0.3, 0.4) is 0 Å². The number of hydrogen-bond acceptors (Lipinski definition) is 5. The topological polar surface area (TPSA) is 50.3 Å². The van der Waals surface area contributed by atoms with Crippen molar-refractivity contribution in [2.24, 2.45) is 0 Å². The van der Waals surface area contributed by atoms with Gasteiger partial charge in [-0.1, -0.05) is 13.0 Å². The number of anilines is 1. The largest absolute Gasteiger partial charge is 0.467 e. The van der Waals surface area contributed by atoms with Gasteiger partial charge in [0.1, 0.15) is 5.82 Å². The summed E-state index contributed by atoms with van der Waals surface area (Å²) < 4.78 is 5.31. The van der Waals surface area contributed by atoms with Crippen molar-refractivity contribution < 1.29 is 4.74 Å². The van der Waals surface area contributed by atoms with Crippen LogP contribution in [0.5, 0.6) is 6.01 Å². The van der Waals surface area contributed by atoms with Gasteiger partial charge in [-0.3, -0.25) is 0 Å². The minimum atomic E-state index is 0.473. The first kappa shape index (κ1) is 16.7. The van der Waals surface area contributed by atoms with Gasteiger partial charge in [0.15, 0.2) is 0 Å². The predicted octanol–water partition coefficient (Wildman–Crippen LogP) is 2.35. The molecule has 0 saturated carbocycles. The van der Waals surface area contributed by atoms with Crippen molar-refractivity contribution in [3.63, 3.8) is 0 Å². The second-order valence-corrected chi connectivity index (χ2v) is 5.79. The second-order valence-electron chi connectivity index (χ2n) is 5.79. The molecule has 1 aliphatic heterocycles. The molecule has 22 heavy (non-hydrogen) atoms. The van der Waals surface area contributed by atoms with Crippen molar-refractivity contribution in [3.8, 4) is 6.01 Å². The van der Waals surface area contributed by atoms with Gasteiger partial charge in [0.05, 0.1) is 12.8 Å². The summed E-state index contributed by atoms with van der Waals surface area (Å²) in [5.41, 5.74) is 2.39. The van der Waals surface area contributed by atoms with E-state index in [2.05, 4.69) is 40.6 Å². The van der Waals surface area contributed by atoms with Gasteiger partial charge in [0, 0.05) is 31.2 Å². The lowest BCUT2D eigenvalue weighted by molar-refractivity contribution is 0.376. The molecule has 0 unspecified atom stereocenters. The van der Waals surface area contributed by atoms with Gasteiger partial charge < -0.3 is 15.0 Å². The monoisotopic (exact) mass is 304 g/mol. The smallest absolute Gasteiger partial charge is 0.318 e. The van der Waals surface area contributed by atoms with E-state index in [1.807, 2.05) is 6.08 Å². The Balaban J connectivity index is 2.35. The molecule has 0 amide bonds. The molecule has 5 heteroatoms. The van der Waals surface area contributed by atoms with Crippen molar-refractivity contribution in [2.75, 3.05) is 31.6 Å². The summed E-state index contributed by atoms with van der Waals surface area (Å²) in [5.74, 6) is 1.06. The van der Waals surface area contributed by atoms with Crippen molar-refractivity contribution >= 4 is 5.82 Å². The van der Waals surface area contributed by atoms with Crippen molar-refractivity contribution in [1.82, 2.24) is 15.3 Å². The number of methoxy groups -OCH3 is 1. The van der Waals surface area contributed by atoms with Crippen LogP contribution in [0.4, 0.5) is 5.82 Å². The maximum atomic E-state index is 5.31. The van der Waals surface area contributed by atoms with E-state index < -0.39 is 0 Å². The summed E-state index contributed by atoms with van der Waals surface area (Å²) in [7, 11) is 1.64. The quantitative estimate of drug-likeness (QED) is 0.619. The number of nitrogens with zero attached hydrogens (tertiary/aromatic N) is 3. The van der Waals surface area contributed by atoms with Gasteiger partial charge >= 0.3 is 6.01 Å². The number of aromatic nitrogens is 2. The number of hydrogen-bond donors (Lipinski definition) is 1. The van der Waals surface area contributed by atoms with E-state index in [0.717, 1.165) is 56.8 Å². The summed E-state index contributed by atoms with van der Waals surface area (Å²) >= 11 is 0. The molecule has 2 rings (SSSR count). The molecule has 1 saturated heterocycles. The van der Waals surface area contributed by atoms with Gasteiger partial charge in [0.2, 0.25) is 0 Å². The van der Waals surface area contributed by atoms with Gasteiger partial charge in [0.25, 0.3) is 0 Å². The molecule has 1 fully saturated rings. The highest BCUT2D eigenvalue weighted by atomic mass is 16.5. The Hall–Kier alpha value is -1.62. The summed E-state index contributed by atoms with van der Waals surface area (Å²) in [6.07, 6.45) is 5.97. The molecule has 1 aromatic rings. The van der Waals surface area contributed by atoms with Crippen molar-refractivity contribution in [2.45, 2.75) is 45.6 Å². The minimum Gasteiger partial charge on any atom is -0.467 e. The number of rotatable bonds is 7. The van der Waals surface area contributed by atoms with Crippen LogP contribution >= 0.6 is 0 Å². The van der Waals surface area contributed by atoms with E-state index in [9.17, 15) is 0 Å². The number of nitrogens with one attached hydrogen (secondary N) is 1. The Bertz CT molecular complexity index is 504. The molecule has 0 bridgehead atoms. The lowest BCUT2D eigenvalue weighted by atomic mass is 10.0. The first-order valence-electron chi connectivity index (χ1n) is 8.22. The van der Waals surface area contributed by atoms with E-state index in [0.29, 0.717) is 12.1 Å². The highest BCUT2D eigenvalue weighted by molar-refractivity contribution is 5.51. The van der Waals surface area contributed by atoms with E-state index in [4.69, 9.17) is 4.74 Å². The second kappa shape index (κ2) is 8.13. The average molecular weight is 304 g/mol. The molecular weight excluding hydrogens is 276 g/mol. The molecule has 0 aliphatic carbocycles. The zero-order valence-electron chi connectivity index (χ0n) is 14.1. The van der Waals surface area contributed by atoms with E-state index in [1.165, 1.54) is 5.56 Å². The fraction of sp³-hybridized carbons (Fsp3) is 0.647. The Morgan fingerprint density at radius 3 is 2.91 bits per heavy atom. The van der Waals surface area contributed by atoms with Crippen LogP contribution in [-0.4, -0.2) is 42.8 Å². The number of ether oxygens (including phenoxy) is 1. The zero-order valence-corrected chi connectivity index (χ0v) is 14.1. The molecule has 122 valence electrons. The van der Waals surface area contributed by atoms with Crippen LogP contribution in [0.1, 0.15) is 37.9 Å². The van der Waals surface area contributed by atoms with Crippen LogP contribution in [0, 0.1) is 0 Å². The van der Waals surface area contributed by atoms with E-state index in [-0.39, 0.29) is 0 Å². The normalized spacial score (nSPS) is 18.3. The summed E-state index contributed by atoms with van der Waals surface area (Å²) in [6.45, 7) is 11.1. The van der Waals surface area contributed by atoms with Gasteiger partial charge in [-0.15, -0.1) is 6.58 Å². The van der Waals surface area contributed by atoms with Gasteiger partial charge in [-0.25, -0.2) is 0 Å². The summed E-state index contributed by atoms with van der Waals surface area (Å²) in [6, 6.07) is 0.950. The first-order valence-corrected chi connectivity index (χ1v) is 8.22. The highest BCUT2D eigenvalue weighted by Gasteiger charge is 2.22. The Morgan fingerprint density at radius 1 is 1.45 bits per heavy atom. The minimum absolute atomic E-state index is 0.473. The van der Waals surface area contributed by atoms with Crippen LogP contribution in [0.2, 0.25) is 0 Å². The fourth-order valence-corrected chi connectivity index (χ4v) is 2.94. The third-order valence-electron chi connectivity index (χ3n) is 4.07. The predicted molar refractivity (Wildman–Crippen MR) is 90.8 cm³/mol. The molecule has 1 aromatic heterocycles. The van der Waals surface area contributed by atoms with Crippen molar-refractivity contribution in [3.05, 3.63) is 23.9 Å². The SMILES string of the molecule is C=CCCCc1c(CC)nc(OC)nc1N1CCN[C@@H](C)C1. The molecule has 0 radical (unpaired) electrons. The highest BCUT2D eigenvalue weighted by Crippen LogP contribution is 2.26. The standard InChI is InChI=1S/C17H28N4O/c1-5-7-8-9-14-15(6-2)19-17(22-4)20-16(14)21-11-10-18-13(3)12-21/h5,13,18H,1,6-12H2,2-4H3/t13-/m0/s1. The van der Waals surface area contributed by atoms with Crippen LogP contribution in [0.15, 0.2) is 12.7 Å². The number of aryl methyl sites for hydroxylation is 1. The lowest BCUT2D eigenvalue weighted by Crippen LogP contribution is -2.50. The maximum absolute atomic E-state index is 5.31. The fourth-order valence-electron chi connectivity index (χ4n) is 2.94. The van der Waals surface area contributed by atoms with Gasteiger partial charge in [-0.2, -0.15) is 9.97 Å². The molecule has 1 N–H and O–H groups in total. The molecule has 0 aromatic carbocycles. The molecule has 0 spiro atoms. The van der Waals surface area contributed by atoms with Crippen LogP contribution in [0.25, 0.3) is 0 Å². The summed E-state index contributed by atoms with van der Waals surface area (Å²) in [5, 5.41) is 3.48. The van der Waals surface area contributed by atoms with E-state index >= 15 is 0 Å². The average Bonchev–Trinajstić information content (AvgIpc) is 2.54. The van der Waals surface area contributed by atoms with Crippen LogP contribution in [-0.2, 0) is 12.8 Å². The Labute approximate surface area is 133 Å². The lowest BCUT2D eigenvalue weighted by Gasteiger charge is -2.34. The molecule has 2 heterocycles. The number of piperazine rings is 1. The van der Waals surface area contributed by atoms with Gasteiger partial charge in [-0.05, 0) is 32.6 Å². The number of allylic oxidation sites excluding steroid dienone is 1. The molecule has 1 aliphatic rings. The maximum Gasteiger partial charge on any atom is 0.318 e. The zero-order chi connectivity index (χ0) is 15.9. The third-order valence-corrected chi connectivity index (χ3v) is 4.07. The summed E-state index contributed by atoms with van der Waals surface area (Å²) in [4.78, 5) is 11.6. The van der Waals surface area contributed by atoms with Crippen LogP contribution < -0.4 is 15.0 Å². The first-order chi connectivity index (χ1) is 10.7.